The third kappa shape index (κ3) is 3.78. The molecule has 0 aromatic carbocycles. The summed E-state index contributed by atoms with van der Waals surface area (Å²) in [5.74, 6) is 0. The molecule has 1 aromatic heterocycles. The number of nitrogens with one attached hydrogen (secondary N) is 1. The Morgan fingerprint density at radius 3 is 2.69 bits per heavy atom. The number of thiophene rings is 1. The van der Waals surface area contributed by atoms with Gasteiger partial charge < -0.3 is 5.32 Å². The number of alkyl halides is 3. The van der Waals surface area contributed by atoms with Crippen LogP contribution < -0.4 is 5.32 Å². The smallest absolute Gasteiger partial charge is 0.302 e. The van der Waals surface area contributed by atoms with Gasteiger partial charge in [-0.15, -0.1) is 0 Å². The van der Waals surface area contributed by atoms with Crippen LogP contribution in [-0.2, 0) is 0 Å². The largest absolute Gasteiger partial charge is 0.401 e. The van der Waals surface area contributed by atoms with Gasteiger partial charge in [-0.3, -0.25) is 0 Å². The summed E-state index contributed by atoms with van der Waals surface area (Å²) in [7, 11) is 0. The molecular formula is C8H10F3NS. The van der Waals surface area contributed by atoms with Gasteiger partial charge in [0.05, 0.1) is 6.54 Å². The third-order valence-electron chi connectivity index (χ3n) is 1.65. The molecule has 0 radical (unpaired) electrons. The lowest BCUT2D eigenvalue weighted by Crippen LogP contribution is -2.30. The first-order valence-corrected chi connectivity index (χ1v) is 4.75. The predicted molar refractivity (Wildman–Crippen MR) is 46.8 cm³/mol. The Bertz CT molecular complexity index is 242. The Balaban J connectivity index is 2.39. The van der Waals surface area contributed by atoms with Crippen molar-refractivity contribution >= 4 is 11.3 Å². The van der Waals surface area contributed by atoms with Crippen LogP contribution in [0.5, 0.6) is 0 Å². The first-order valence-electron chi connectivity index (χ1n) is 3.81. The molecule has 1 N–H and O–H groups in total. The van der Waals surface area contributed by atoms with Gasteiger partial charge in [-0.1, -0.05) is 0 Å². The number of hydrogen-bond acceptors (Lipinski definition) is 2. The SMILES string of the molecule is CC(NCC(F)(F)F)c1ccsc1. The second kappa shape index (κ2) is 4.11. The van der Waals surface area contributed by atoms with Crippen molar-refractivity contribution in [2.45, 2.75) is 19.1 Å². The third-order valence-corrected chi connectivity index (χ3v) is 2.35. The first-order chi connectivity index (χ1) is 5.99. The quantitative estimate of drug-likeness (QED) is 0.807. The summed E-state index contributed by atoms with van der Waals surface area (Å²) < 4.78 is 35.4. The average molecular weight is 209 g/mol. The van der Waals surface area contributed by atoms with E-state index in [1.807, 2.05) is 16.8 Å². The summed E-state index contributed by atoms with van der Waals surface area (Å²) in [6, 6.07) is 1.58. The Hall–Kier alpha value is -0.550. The minimum absolute atomic E-state index is 0.243. The van der Waals surface area contributed by atoms with Crippen LogP contribution in [0.4, 0.5) is 13.2 Å². The van der Waals surface area contributed by atoms with E-state index in [2.05, 4.69) is 5.32 Å². The summed E-state index contributed by atoms with van der Waals surface area (Å²) >= 11 is 1.48. The molecule has 1 unspecified atom stereocenters. The Labute approximate surface area is 78.6 Å². The van der Waals surface area contributed by atoms with Crippen LogP contribution in [0.1, 0.15) is 18.5 Å². The van der Waals surface area contributed by atoms with Gasteiger partial charge in [-0.2, -0.15) is 24.5 Å². The van der Waals surface area contributed by atoms with Crippen molar-refractivity contribution in [3.63, 3.8) is 0 Å². The molecule has 0 fully saturated rings. The van der Waals surface area contributed by atoms with E-state index in [-0.39, 0.29) is 6.04 Å². The lowest BCUT2D eigenvalue weighted by molar-refractivity contribution is -0.126. The Morgan fingerprint density at radius 2 is 2.23 bits per heavy atom. The van der Waals surface area contributed by atoms with Crippen LogP contribution in [0.25, 0.3) is 0 Å². The molecule has 0 spiro atoms. The van der Waals surface area contributed by atoms with Crippen molar-refractivity contribution in [1.29, 1.82) is 0 Å². The van der Waals surface area contributed by atoms with E-state index in [0.29, 0.717) is 0 Å². The van der Waals surface area contributed by atoms with Crippen LogP contribution in [0, 0.1) is 0 Å². The predicted octanol–water partition coefficient (Wildman–Crippen LogP) is 2.96. The highest BCUT2D eigenvalue weighted by molar-refractivity contribution is 7.07. The molecule has 0 aliphatic carbocycles. The molecule has 0 aliphatic heterocycles. The first kappa shape index (κ1) is 10.5. The zero-order valence-corrected chi connectivity index (χ0v) is 7.88. The lowest BCUT2D eigenvalue weighted by atomic mass is 10.2. The van der Waals surface area contributed by atoms with Gasteiger partial charge in [0.2, 0.25) is 0 Å². The molecule has 1 heterocycles. The van der Waals surface area contributed by atoms with E-state index in [4.69, 9.17) is 0 Å². The van der Waals surface area contributed by atoms with Crippen LogP contribution >= 0.6 is 11.3 Å². The Morgan fingerprint density at radius 1 is 1.54 bits per heavy atom. The maximum absolute atomic E-state index is 11.8. The molecule has 1 nitrogen and oxygen atoms in total. The molecule has 1 rings (SSSR count). The summed E-state index contributed by atoms with van der Waals surface area (Å²) in [5, 5.41) is 6.10. The minimum Gasteiger partial charge on any atom is -0.302 e. The molecular weight excluding hydrogens is 199 g/mol. The van der Waals surface area contributed by atoms with Crippen LogP contribution in [0.3, 0.4) is 0 Å². The van der Waals surface area contributed by atoms with Gasteiger partial charge in [-0.05, 0) is 29.3 Å². The lowest BCUT2D eigenvalue weighted by Gasteiger charge is -2.13. The maximum atomic E-state index is 11.8. The van der Waals surface area contributed by atoms with E-state index < -0.39 is 12.7 Å². The van der Waals surface area contributed by atoms with Gasteiger partial charge in [0, 0.05) is 6.04 Å². The number of hydrogen-bond donors (Lipinski definition) is 1. The average Bonchev–Trinajstić information content (AvgIpc) is 2.50. The normalized spacial score (nSPS) is 14.5. The van der Waals surface area contributed by atoms with Crippen LogP contribution in [0.15, 0.2) is 16.8 Å². The van der Waals surface area contributed by atoms with E-state index in [1.165, 1.54) is 11.3 Å². The van der Waals surface area contributed by atoms with Crippen molar-refractivity contribution < 1.29 is 13.2 Å². The zero-order valence-electron chi connectivity index (χ0n) is 7.06. The fourth-order valence-corrected chi connectivity index (χ4v) is 1.66. The fraction of sp³-hybridized carbons (Fsp3) is 0.500. The second-order valence-electron chi connectivity index (χ2n) is 2.77. The standard InChI is InChI=1S/C8H10F3NS/c1-6(7-2-3-13-4-7)12-5-8(9,10)11/h2-4,6,12H,5H2,1H3. The van der Waals surface area contributed by atoms with Crippen LogP contribution in [-0.4, -0.2) is 12.7 Å². The van der Waals surface area contributed by atoms with E-state index in [0.717, 1.165) is 5.56 Å². The van der Waals surface area contributed by atoms with E-state index in [1.54, 1.807) is 6.92 Å². The molecule has 1 aromatic rings. The number of halogens is 3. The van der Waals surface area contributed by atoms with Gasteiger partial charge in [-0.25, -0.2) is 0 Å². The van der Waals surface area contributed by atoms with Crippen molar-refractivity contribution in [3.05, 3.63) is 22.4 Å². The van der Waals surface area contributed by atoms with Crippen molar-refractivity contribution in [2.75, 3.05) is 6.54 Å². The highest BCUT2D eigenvalue weighted by Crippen LogP contribution is 2.18. The van der Waals surface area contributed by atoms with E-state index >= 15 is 0 Å². The monoisotopic (exact) mass is 209 g/mol. The molecule has 5 heteroatoms. The molecule has 13 heavy (non-hydrogen) atoms. The summed E-state index contributed by atoms with van der Waals surface area (Å²) in [5.41, 5.74) is 0.897. The zero-order chi connectivity index (χ0) is 9.90. The molecule has 0 saturated heterocycles. The van der Waals surface area contributed by atoms with Crippen molar-refractivity contribution in [1.82, 2.24) is 5.32 Å². The molecule has 1 atom stereocenters. The molecule has 0 amide bonds. The second-order valence-corrected chi connectivity index (χ2v) is 3.55. The van der Waals surface area contributed by atoms with Gasteiger partial charge >= 0.3 is 6.18 Å². The van der Waals surface area contributed by atoms with Crippen molar-refractivity contribution in [2.24, 2.45) is 0 Å². The maximum Gasteiger partial charge on any atom is 0.401 e. The molecule has 0 aliphatic rings. The topological polar surface area (TPSA) is 12.0 Å². The fourth-order valence-electron chi connectivity index (χ4n) is 0.908. The minimum atomic E-state index is -4.13. The van der Waals surface area contributed by atoms with Gasteiger partial charge in [0.15, 0.2) is 0 Å². The number of rotatable bonds is 3. The summed E-state index contributed by atoms with van der Waals surface area (Å²) in [4.78, 5) is 0. The summed E-state index contributed by atoms with van der Waals surface area (Å²) in [6.07, 6.45) is -4.13. The molecule has 0 bridgehead atoms. The van der Waals surface area contributed by atoms with Crippen molar-refractivity contribution in [3.8, 4) is 0 Å². The highest BCUT2D eigenvalue weighted by atomic mass is 32.1. The van der Waals surface area contributed by atoms with E-state index in [9.17, 15) is 13.2 Å². The molecule has 74 valence electrons. The Kier molecular flexibility index (Phi) is 3.33. The van der Waals surface area contributed by atoms with Gasteiger partial charge in [0.1, 0.15) is 0 Å². The van der Waals surface area contributed by atoms with Gasteiger partial charge in [0.25, 0.3) is 0 Å². The molecule has 0 saturated carbocycles. The van der Waals surface area contributed by atoms with Crippen LogP contribution in [0.2, 0.25) is 0 Å². The highest BCUT2D eigenvalue weighted by Gasteiger charge is 2.27. The summed E-state index contributed by atoms with van der Waals surface area (Å²) in [6.45, 7) is 0.776.